The number of hydrogen-bond donors (Lipinski definition) is 0. The summed E-state index contributed by atoms with van der Waals surface area (Å²) in [6, 6.07) is 0. The van der Waals surface area contributed by atoms with Gasteiger partial charge in [0.15, 0.2) is 6.17 Å². The van der Waals surface area contributed by atoms with Crippen molar-refractivity contribution in [2.75, 3.05) is 21.3 Å². The maximum absolute atomic E-state index is 13.9. The van der Waals surface area contributed by atoms with Gasteiger partial charge in [-0.1, -0.05) is 19.8 Å². The van der Waals surface area contributed by atoms with Crippen molar-refractivity contribution >= 4 is 8.80 Å². The van der Waals surface area contributed by atoms with E-state index in [1.54, 1.807) is 6.92 Å². The summed E-state index contributed by atoms with van der Waals surface area (Å²) in [4.78, 5) is 0. The molecule has 0 aliphatic rings. The highest BCUT2D eigenvalue weighted by Crippen LogP contribution is 2.46. The normalized spacial score (nSPS) is 15.6. The Labute approximate surface area is 110 Å². The Hall–Kier alpha value is -0.253. The molecule has 9 heteroatoms. The minimum atomic E-state index is -5.01. The Morgan fingerprint density at radius 1 is 1.00 bits per heavy atom. The molecule has 0 saturated carbocycles. The molecule has 0 spiro atoms. The van der Waals surface area contributed by atoms with E-state index < -0.39 is 32.9 Å². The maximum Gasteiger partial charge on any atom is 0.581 e. The van der Waals surface area contributed by atoms with Crippen LogP contribution in [-0.2, 0) is 13.3 Å². The molecule has 1 unspecified atom stereocenters. The van der Waals surface area contributed by atoms with Gasteiger partial charge in [0.2, 0.25) is 0 Å². The van der Waals surface area contributed by atoms with Crippen molar-refractivity contribution in [2.45, 2.75) is 43.8 Å². The van der Waals surface area contributed by atoms with Gasteiger partial charge in [0.05, 0.1) is 0 Å². The molecule has 0 fully saturated rings. The van der Waals surface area contributed by atoms with Crippen LogP contribution in [0.15, 0.2) is 0 Å². The lowest BCUT2D eigenvalue weighted by atomic mass is 10.1. The number of unbranched alkanes of at least 4 members (excludes halogenated alkanes) is 1. The van der Waals surface area contributed by atoms with Gasteiger partial charge in [-0.15, -0.1) is 0 Å². The Kier molecular flexibility index (Phi) is 6.86. The predicted octanol–water partition coefficient (Wildman–Crippen LogP) is 3.20. The van der Waals surface area contributed by atoms with E-state index in [-0.39, 0.29) is 6.42 Å². The fourth-order valence-corrected chi connectivity index (χ4v) is 3.43. The van der Waals surface area contributed by atoms with Crippen molar-refractivity contribution in [3.63, 3.8) is 0 Å². The zero-order chi connectivity index (χ0) is 15.3. The molecule has 0 radical (unpaired) electrons. The Morgan fingerprint density at radius 2 is 1.42 bits per heavy atom. The smallest absolute Gasteiger partial charge is 0.373 e. The maximum atomic E-state index is 13.9. The summed E-state index contributed by atoms with van der Waals surface area (Å²) in [7, 11) is -2.71. The fourth-order valence-electron chi connectivity index (χ4n) is 1.60. The summed E-state index contributed by atoms with van der Waals surface area (Å²) in [5.74, 6) is -4.92. The first kappa shape index (κ1) is 18.7. The minimum Gasteiger partial charge on any atom is -0.373 e. The molecular weight excluding hydrogens is 291 g/mol. The molecule has 3 nitrogen and oxygen atoms in total. The SMILES string of the molecule is CCCCC(F)C(F)(F)C(F)(F)[Si](OC)(OC)OC. The third-order valence-corrected chi connectivity index (χ3v) is 5.53. The number of hydrogen-bond acceptors (Lipinski definition) is 3. The molecule has 0 saturated heterocycles. The van der Waals surface area contributed by atoms with E-state index in [4.69, 9.17) is 0 Å². The van der Waals surface area contributed by atoms with E-state index >= 15 is 0 Å². The molecule has 0 aromatic heterocycles. The monoisotopic (exact) mass is 310 g/mol. The number of halogens is 5. The van der Waals surface area contributed by atoms with Crippen molar-refractivity contribution in [2.24, 2.45) is 0 Å². The lowest BCUT2D eigenvalue weighted by molar-refractivity contribution is -0.226. The number of rotatable bonds is 9. The molecule has 1 atom stereocenters. The summed E-state index contributed by atoms with van der Waals surface area (Å²) >= 11 is 0. The molecule has 0 rings (SSSR count). The van der Waals surface area contributed by atoms with Gasteiger partial charge in [-0.2, -0.15) is 17.6 Å². The summed E-state index contributed by atoms with van der Waals surface area (Å²) < 4.78 is 81.5. The molecule has 0 aromatic carbocycles. The van der Waals surface area contributed by atoms with E-state index in [2.05, 4.69) is 13.3 Å². The zero-order valence-corrected chi connectivity index (χ0v) is 12.3. The average Bonchev–Trinajstić information content (AvgIpc) is 2.38. The van der Waals surface area contributed by atoms with E-state index in [9.17, 15) is 22.0 Å². The second kappa shape index (κ2) is 6.96. The topological polar surface area (TPSA) is 27.7 Å². The fraction of sp³-hybridized carbons (Fsp3) is 1.00. The second-order valence-electron chi connectivity index (χ2n) is 3.98. The molecule has 116 valence electrons. The van der Waals surface area contributed by atoms with Gasteiger partial charge in [-0.25, -0.2) is 4.39 Å². The van der Waals surface area contributed by atoms with Gasteiger partial charge in [0.25, 0.3) is 0 Å². The highest BCUT2D eigenvalue weighted by atomic mass is 28.4. The third-order valence-electron chi connectivity index (χ3n) is 2.81. The van der Waals surface area contributed by atoms with Gasteiger partial charge in [-0.05, 0) is 6.42 Å². The molecule has 0 N–H and O–H groups in total. The second-order valence-corrected chi connectivity index (χ2v) is 6.94. The van der Waals surface area contributed by atoms with Crippen LogP contribution in [0.25, 0.3) is 0 Å². The van der Waals surface area contributed by atoms with E-state index in [0.29, 0.717) is 6.42 Å². The predicted molar refractivity (Wildman–Crippen MR) is 61.1 cm³/mol. The highest BCUT2D eigenvalue weighted by Gasteiger charge is 2.78. The molecule has 0 aliphatic carbocycles. The van der Waals surface area contributed by atoms with Crippen LogP contribution >= 0.6 is 0 Å². The minimum absolute atomic E-state index is 0.0777. The van der Waals surface area contributed by atoms with Crippen molar-refractivity contribution in [1.29, 1.82) is 0 Å². The van der Waals surface area contributed by atoms with Gasteiger partial charge in [0, 0.05) is 21.3 Å². The quantitative estimate of drug-likeness (QED) is 0.483. The average molecular weight is 310 g/mol. The van der Waals surface area contributed by atoms with Crippen LogP contribution in [-0.4, -0.2) is 47.8 Å². The molecule has 0 amide bonds. The molecule has 0 aromatic rings. The standard InChI is InChI=1S/C10H19F5O3Si/c1-5-6-7-8(11)9(12,13)10(14,15)19(16-2,17-3)18-4/h8H,5-7H2,1-4H3. The first-order chi connectivity index (χ1) is 8.66. The molecule has 0 aliphatic heterocycles. The van der Waals surface area contributed by atoms with Crippen molar-refractivity contribution in [1.82, 2.24) is 0 Å². The van der Waals surface area contributed by atoms with E-state index in [1.165, 1.54) is 0 Å². The van der Waals surface area contributed by atoms with Crippen LogP contribution in [0.2, 0.25) is 0 Å². The molecular formula is C10H19F5O3Si. The summed E-state index contributed by atoms with van der Waals surface area (Å²) in [6.45, 7) is 1.64. The molecule has 0 bridgehead atoms. The van der Waals surface area contributed by atoms with Gasteiger partial charge < -0.3 is 13.3 Å². The van der Waals surface area contributed by atoms with Crippen LogP contribution in [0.5, 0.6) is 0 Å². The Bertz CT molecular complexity index is 266. The van der Waals surface area contributed by atoms with E-state index in [1.807, 2.05) is 0 Å². The third kappa shape index (κ3) is 3.26. The van der Waals surface area contributed by atoms with Crippen LogP contribution < -0.4 is 0 Å². The molecule has 19 heavy (non-hydrogen) atoms. The number of alkyl halides is 5. The van der Waals surface area contributed by atoms with Crippen LogP contribution in [0.3, 0.4) is 0 Å². The first-order valence-corrected chi connectivity index (χ1v) is 7.44. The summed E-state index contributed by atoms with van der Waals surface area (Å²) in [5, 5.41) is 0. The summed E-state index contributed by atoms with van der Waals surface area (Å²) in [5.41, 5.74) is -4.86. The van der Waals surface area contributed by atoms with E-state index in [0.717, 1.165) is 21.3 Å². The van der Waals surface area contributed by atoms with Gasteiger partial charge in [0.1, 0.15) is 0 Å². The van der Waals surface area contributed by atoms with Gasteiger partial charge >= 0.3 is 20.3 Å². The Balaban J connectivity index is 5.34. The van der Waals surface area contributed by atoms with Crippen LogP contribution in [0.4, 0.5) is 22.0 Å². The van der Waals surface area contributed by atoms with Crippen molar-refractivity contribution in [3.05, 3.63) is 0 Å². The lowest BCUT2D eigenvalue weighted by Crippen LogP contribution is -2.69. The molecule has 0 heterocycles. The van der Waals surface area contributed by atoms with Crippen LogP contribution in [0, 0.1) is 0 Å². The van der Waals surface area contributed by atoms with Gasteiger partial charge in [-0.3, -0.25) is 0 Å². The summed E-state index contributed by atoms with van der Waals surface area (Å²) in [6.07, 6.45) is -3.16. The Morgan fingerprint density at radius 3 is 1.74 bits per heavy atom. The largest absolute Gasteiger partial charge is 0.581 e. The lowest BCUT2D eigenvalue weighted by Gasteiger charge is -2.37. The zero-order valence-electron chi connectivity index (χ0n) is 11.3. The first-order valence-electron chi connectivity index (χ1n) is 5.72. The van der Waals surface area contributed by atoms with Crippen molar-refractivity contribution in [3.8, 4) is 0 Å². The highest BCUT2D eigenvalue weighted by molar-refractivity contribution is 6.63. The van der Waals surface area contributed by atoms with Crippen molar-refractivity contribution < 1.29 is 35.2 Å². The van der Waals surface area contributed by atoms with Crippen LogP contribution in [0.1, 0.15) is 26.2 Å².